The van der Waals surface area contributed by atoms with Crippen LogP contribution in [0.1, 0.15) is 41.3 Å². The van der Waals surface area contributed by atoms with E-state index in [2.05, 4.69) is 52.7 Å². The Hall–Kier alpha value is -2.14. The summed E-state index contributed by atoms with van der Waals surface area (Å²) < 4.78 is 2.11. The molecule has 1 amide bonds. The van der Waals surface area contributed by atoms with Crippen LogP contribution in [0.4, 0.5) is 0 Å². The minimum atomic E-state index is -0.103. The molecule has 3 rings (SSSR count). The molecule has 0 fully saturated rings. The van der Waals surface area contributed by atoms with Gasteiger partial charge < -0.3 is 9.88 Å². The van der Waals surface area contributed by atoms with Crippen molar-refractivity contribution in [3.05, 3.63) is 53.1 Å². The van der Waals surface area contributed by atoms with E-state index in [0.29, 0.717) is 18.2 Å². The first-order valence-electron chi connectivity index (χ1n) is 8.63. The number of benzene rings is 1. The zero-order valence-corrected chi connectivity index (χ0v) is 14.7. The van der Waals surface area contributed by atoms with Crippen LogP contribution in [-0.4, -0.2) is 33.4 Å². The van der Waals surface area contributed by atoms with Crippen molar-refractivity contribution in [2.45, 2.75) is 40.4 Å². The van der Waals surface area contributed by atoms with Gasteiger partial charge >= 0.3 is 0 Å². The molecular formula is C19H26N4O. The molecular weight excluding hydrogens is 300 g/mol. The maximum atomic E-state index is 12.4. The normalized spacial score (nSPS) is 14.7. The van der Waals surface area contributed by atoms with E-state index in [1.165, 1.54) is 5.56 Å². The third-order valence-corrected chi connectivity index (χ3v) is 4.27. The summed E-state index contributed by atoms with van der Waals surface area (Å²) in [5.74, 6) is 1.53. The number of aromatic nitrogens is 2. The summed E-state index contributed by atoms with van der Waals surface area (Å²) in [6.07, 6.45) is 1.88. The molecule has 0 unspecified atom stereocenters. The zero-order valence-electron chi connectivity index (χ0n) is 14.7. The third kappa shape index (κ3) is 4.03. The van der Waals surface area contributed by atoms with Crippen molar-refractivity contribution in [2.75, 3.05) is 13.1 Å². The fourth-order valence-electron chi connectivity index (χ4n) is 3.18. The molecule has 5 heteroatoms. The predicted molar refractivity (Wildman–Crippen MR) is 94.7 cm³/mol. The highest BCUT2D eigenvalue weighted by atomic mass is 16.1. The first-order chi connectivity index (χ1) is 11.5. The number of amides is 1. The standard InChI is InChI=1S/C19H26N4O/c1-14(2)11-22-7-8-23-12-17(21-18(23)13-22)19(24)20-10-16-6-4-5-15(3)9-16/h4-6,9,12,14H,7-8,10-11,13H2,1-3H3,(H,20,24). The number of nitrogens with zero attached hydrogens (tertiary/aromatic N) is 3. The molecule has 0 radical (unpaired) electrons. The van der Waals surface area contributed by atoms with Gasteiger partial charge in [0.1, 0.15) is 11.5 Å². The second-order valence-corrected chi connectivity index (χ2v) is 7.04. The van der Waals surface area contributed by atoms with Crippen LogP contribution >= 0.6 is 0 Å². The van der Waals surface area contributed by atoms with Crippen molar-refractivity contribution in [2.24, 2.45) is 5.92 Å². The highest BCUT2D eigenvalue weighted by Crippen LogP contribution is 2.14. The van der Waals surface area contributed by atoms with Crippen molar-refractivity contribution in [1.82, 2.24) is 19.8 Å². The fraction of sp³-hybridized carbons (Fsp3) is 0.474. The van der Waals surface area contributed by atoms with Crippen LogP contribution in [0.3, 0.4) is 0 Å². The van der Waals surface area contributed by atoms with Crippen molar-refractivity contribution in [1.29, 1.82) is 0 Å². The summed E-state index contributed by atoms with van der Waals surface area (Å²) in [5.41, 5.74) is 2.82. The Morgan fingerprint density at radius 1 is 1.33 bits per heavy atom. The summed E-state index contributed by atoms with van der Waals surface area (Å²) >= 11 is 0. The van der Waals surface area contributed by atoms with E-state index in [-0.39, 0.29) is 5.91 Å². The summed E-state index contributed by atoms with van der Waals surface area (Å²) in [6.45, 7) is 10.9. The van der Waals surface area contributed by atoms with Crippen molar-refractivity contribution < 1.29 is 4.79 Å². The van der Waals surface area contributed by atoms with Crippen LogP contribution in [0, 0.1) is 12.8 Å². The van der Waals surface area contributed by atoms with Gasteiger partial charge in [0.05, 0.1) is 6.54 Å². The molecule has 24 heavy (non-hydrogen) atoms. The first-order valence-corrected chi connectivity index (χ1v) is 8.63. The monoisotopic (exact) mass is 326 g/mol. The molecule has 0 saturated carbocycles. The van der Waals surface area contributed by atoms with E-state index in [0.717, 1.165) is 37.6 Å². The summed E-state index contributed by atoms with van der Waals surface area (Å²) in [7, 11) is 0. The Bertz CT molecular complexity index is 720. The third-order valence-electron chi connectivity index (χ3n) is 4.27. The Morgan fingerprint density at radius 2 is 2.17 bits per heavy atom. The van der Waals surface area contributed by atoms with E-state index >= 15 is 0 Å². The minimum Gasteiger partial charge on any atom is -0.347 e. The number of carbonyl (C=O) groups is 1. The number of imidazole rings is 1. The van der Waals surface area contributed by atoms with Crippen LogP contribution in [0.15, 0.2) is 30.5 Å². The van der Waals surface area contributed by atoms with Gasteiger partial charge in [-0.2, -0.15) is 0 Å². The summed E-state index contributed by atoms with van der Waals surface area (Å²) in [5, 5.41) is 2.97. The van der Waals surface area contributed by atoms with Gasteiger partial charge in [0.25, 0.3) is 5.91 Å². The number of carbonyl (C=O) groups excluding carboxylic acids is 1. The van der Waals surface area contributed by atoms with E-state index in [9.17, 15) is 4.79 Å². The molecule has 128 valence electrons. The van der Waals surface area contributed by atoms with Crippen LogP contribution in [0.5, 0.6) is 0 Å². The van der Waals surface area contributed by atoms with Crippen molar-refractivity contribution in [3.63, 3.8) is 0 Å². The summed E-state index contributed by atoms with van der Waals surface area (Å²) in [4.78, 5) is 19.3. The Kier molecular flexibility index (Phi) is 5.00. The molecule has 0 spiro atoms. The van der Waals surface area contributed by atoms with Crippen molar-refractivity contribution >= 4 is 5.91 Å². The Labute approximate surface area is 143 Å². The van der Waals surface area contributed by atoms with Gasteiger partial charge in [0, 0.05) is 32.4 Å². The number of aryl methyl sites for hydroxylation is 1. The molecule has 2 heterocycles. The zero-order chi connectivity index (χ0) is 17.1. The fourth-order valence-corrected chi connectivity index (χ4v) is 3.18. The van der Waals surface area contributed by atoms with Gasteiger partial charge in [-0.1, -0.05) is 43.7 Å². The van der Waals surface area contributed by atoms with Crippen LogP contribution < -0.4 is 5.32 Å². The number of rotatable bonds is 5. The van der Waals surface area contributed by atoms with Crippen LogP contribution in [-0.2, 0) is 19.6 Å². The maximum Gasteiger partial charge on any atom is 0.271 e. The number of nitrogens with one attached hydrogen (secondary N) is 1. The van der Waals surface area contributed by atoms with Crippen LogP contribution in [0.2, 0.25) is 0 Å². The number of hydrogen-bond donors (Lipinski definition) is 1. The van der Waals surface area contributed by atoms with E-state index < -0.39 is 0 Å². The first kappa shape index (κ1) is 16.7. The quantitative estimate of drug-likeness (QED) is 0.919. The largest absolute Gasteiger partial charge is 0.347 e. The molecule has 1 N–H and O–H groups in total. The van der Waals surface area contributed by atoms with Gasteiger partial charge in [-0.3, -0.25) is 9.69 Å². The topological polar surface area (TPSA) is 50.2 Å². The molecule has 5 nitrogen and oxygen atoms in total. The van der Waals surface area contributed by atoms with Gasteiger partial charge in [-0.05, 0) is 18.4 Å². The number of hydrogen-bond acceptors (Lipinski definition) is 3. The van der Waals surface area contributed by atoms with Gasteiger partial charge in [0.2, 0.25) is 0 Å². The predicted octanol–water partition coefficient (Wildman–Crippen LogP) is 2.59. The Morgan fingerprint density at radius 3 is 2.92 bits per heavy atom. The average Bonchev–Trinajstić information content (AvgIpc) is 2.95. The molecule has 1 aliphatic heterocycles. The molecule has 0 saturated heterocycles. The van der Waals surface area contributed by atoms with E-state index in [1.54, 1.807) is 0 Å². The molecule has 0 bridgehead atoms. The maximum absolute atomic E-state index is 12.4. The van der Waals surface area contributed by atoms with E-state index in [1.807, 2.05) is 18.3 Å². The lowest BCUT2D eigenvalue weighted by atomic mass is 10.1. The minimum absolute atomic E-state index is 0.103. The molecule has 1 aromatic heterocycles. The van der Waals surface area contributed by atoms with Gasteiger partial charge in [-0.25, -0.2) is 4.98 Å². The van der Waals surface area contributed by atoms with Crippen LogP contribution in [0.25, 0.3) is 0 Å². The Balaban J connectivity index is 1.62. The highest BCUT2D eigenvalue weighted by molar-refractivity contribution is 5.92. The van der Waals surface area contributed by atoms with Crippen molar-refractivity contribution in [3.8, 4) is 0 Å². The molecule has 0 atom stereocenters. The lowest BCUT2D eigenvalue weighted by molar-refractivity contribution is 0.0946. The average molecular weight is 326 g/mol. The second-order valence-electron chi connectivity index (χ2n) is 7.04. The molecule has 1 aliphatic rings. The molecule has 2 aromatic rings. The lowest BCUT2D eigenvalue weighted by Crippen LogP contribution is -2.35. The SMILES string of the molecule is Cc1cccc(CNC(=O)c2cn3c(n2)CN(CC(C)C)CC3)c1. The lowest BCUT2D eigenvalue weighted by Gasteiger charge is -2.28. The second kappa shape index (κ2) is 7.18. The molecule has 0 aliphatic carbocycles. The number of fused-ring (bicyclic) bond motifs is 1. The van der Waals surface area contributed by atoms with E-state index in [4.69, 9.17) is 0 Å². The summed E-state index contributed by atoms with van der Waals surface area (Å²) in [6, 6.07) is 8.17. The van der Waals surface area contributed by atoms with Gasteiger partial charge in [-0.15, -0.1) is 0 Å². The smallest absolute Gasteiger partial charge is 0.271 e. The highest BCUT2D eigenvalue weighted by Gasteiger charge is 2.21. The molecule has 1 aromatic carbocycles. The van der Waals surface area contributed by atoms with Gasteiger partial charge in [0.15, 0.2) is 0 Å².